The summed E-state index contributed by atoms with van der Waals surface area (Å²) in [5.74, 6) is -1.57. The van der Waals surface area contributed by atoms with Crippen molar-refractivity contribution in [3.05, 3.63) is 72.2 Å². The van der Waals surface area contributed by atoms with E-state index in [0.29, 0.717) is 22.5 Å². The van der Waals surface area contributed by atoms with Crippen molar-refractivity contribution in [1.82, 2.24) is 0 Å². The first-order valence-electron chi connectivity index (χ1n) is 9.39. The van der Waals surface area contributed by atoms with Crippen LogP contribution in [-0.4, -0.2) is 42.6 Å². The van der Waals surface area contributed by atoms with Crippen LogP contribution in [0.15, 0.2) is 75.3 Å². The summed E-state index contributed by atoms with van der Waals surface area (Å²) in [5.41, 5.74) is 2.18. The zero-order chi connectivity index (χ0) is 21.8. The van der Waals surface area contributed by atoms with Crippen LogP contribution < -0.4 is 10.2 Å². The minimum absolute atomic E-state index is 0.0727. The number of furan rings is 1. The van der Waals surface area contributed by atoms with Crippen molar-refractivity contribution < 1.29 is 28.6 Å². The molecule has 2 N–H and O–H groups in total. The molecule has 0 fully saturated rings. The fraction of sp³-hybridized carbons (Fsp3) is 0.136. The quantitative estimate of drug-likeness (QED) is 0.541. The van der Waals surface area contributed by atoms with Gasteiger partial charge in [-0.25, -0.2) is 4.79 Å². The molecule has 0 saturated heterocycles. The van der Waals surface area contributed by atoms with Crippen LogP contribution in [0.25, 0.3) is 0 Å². The molecule has 0 bridgehead atoms. The summed E-state index contributed by atoms with van der Waals surface area (Å²) in [5, 5.41) is 11.6. The number of nitrogens with one attached hydrogen (secondary N) is 1. The van der Waals surface area contributed by atoms with E-state index < -0.39 is 12.6 Å². The van der Waals surface area contributed by atoms with E-state index in [2.05, 4.69) is 5.32 Å². The van der Waals surface area contributed by atoms with Gasteiger partial charge in [-0.15, -0.1) is 0 Å². The smallest absolute Gasteiger partial charge is 0.329 e. The summed E-state index contributed by atoms with van der Waals surface area (Å²) in [4.78, 5) is 39.4. The fourth-order valence-corrected chi connectivity index (χ4v) is 4.25. The second kappa shape index (κ2) is 9.07. The van der Waals surface area contributed by atoms with Crippen molar-refractivity contribution in [2.24, 2.45) is 0 Å². The lowest BCUT2D eigenvalue weighted by atomic mass is 10.1. The van der Waals surface area contributed by atoms with Gasteiger partial charge < -0.3 is 24.5 Å². The second-order valence-electron chi connectivity index (χ2n) is 6.65. The average molecular weight is 438 g/mol. The summed E-state index contributed by atoms with van der Waals surface area (Å²) in [6.07, 6.45) is 2.79. The number of aliphatic carboxylic acids is 1. The van der Waals surface area contributed by atoms with Gasteiger partial charge >= 0.3 is 5.97 Å². The molecule has 4 rings (SSSR count). The van der Waals surface area contributed by atoms with E-state index in [1.807, 2.05) is 12.1 Å². The fourth-order valence-electron chi connectivity index (χ4n) is 3.14. The molecular formula is C22H18N2O6S. The van der Waals surface area contributed by atoms with Crippen LogP contribution in [0.5, 0.6) is 0 Å². The first-order chi connectivity index (χ1) is 15.0. The topological polar surface area (TPSA) is 109 Å². The maximum absolute atomic E-state index is 13.2. The van der Waals surface area contributed by atoms with Gasteiger partial charge in [0.15, 0.2) is 0 Å². The molecular weight excluding hydrogens is 420 g/mol. The number of hydrogen-bond donors (Lipinski definition) is 2. The van der Waals surface area contributed by atoms with Crippen LogP contribution in [-0.2, 0) is 9.53 Å². The molecule has 0 saturated carbocycles. The predicted octanol–water partition coefficient (Wildman–Crippen LogP) is 3.74. The minimum atomic E-state index is -1.07. The number of fused-ring (bicyclic) bond motifs is 2. The van der Waals surface area contributed by atoms with Crippen LogP contribution in [0, 0.1) is 0 Å². The van der Waals surface area contributed by atoms with Gasteiger partial charge in [0, 0.05) is 22.0 Å². The highest BCUT2D eigenvalue weighted by Gasteiger charge is 2.27. The Morgan fingerprint density at radius 3 is 2.74 bits per heavy atom. The molecule has 31 heavy (non-hydrogen) atoms. The van der Waals surface area contributed by atoms with Gasteiger partial charge in [-0.05, 0) is 36.4 Å². The van der Waals surface area contributed by atoms with Gasteiger partial charge in [-0.1, -0.05) is 23.9 Å². The zero-order valence-corrected chi connectivity index (χ0v) is 17.1. The van der Waals surface area contributed by atoms with E-state index >= 15 is 0 Å². The molecule has 3 aromatic rings. The Balaban J connectivity index is 1.63. The number of hydrogen-bond acceptors (Lipinski definition) is 6. The summed E-state index contributed by atoms with van der Waals surface area (Å²) in [6.45, 7) is -0.169. The Bertz CT molecular complexity index is 1130. The molecule has 8 nitrogen and oxygen atoms in total. The van der Waals surface area contributed by atoms with E-state index in [-0.39, 0.29) is 25.0 Å². The SMILES string of the molecule is O=C(O)COCCN1C(=O)c2ccccc2Sc2cc(NC(=O)c3ccoc3)ccc21. The Hall–Kier alpha value is -3.56. The third kappa shape index (κ3) is 4.62. The molecule has 1 aliphatic rings. The van der Waals surface area contributed by atoms with E-state index in [0.717, 1.165) is 9.79 Å². The number of carboxylic acids is 1. The Kier molecular flexibility index (Phi) is 6.06. The van der Waals surface area contributed by atoms with Crippen LogP contribution in [0.1, 0.15) is 20.7 Å². The third-order valence-corrected chi connectivity index (χ3v) is 5.68. The number of amides is 2. The zero-order valence-electron chi connectivity index (χ0n) is 16.2. The van der Waals surface area contributed by atoms with Crippen molar-refractivity contribution >= 4 is 40.9 Å². The molecule has 1 aromatic heterocycles. The third-order valence-electron chi connectivity index (χ3n) is 4.56. The maximum atomic E-state index is 13.2. The number of carbonyl (C=O) groups is 3. The van der Waals surface area contributed by atoms with Crippen molar-refractivity contribution in [2.75, 3.05) is 30.0 Å². The Morgan fingerprint density at radius 1 is 1.13 bits per heavy atom. The molecule has 2 aromatic carbocycles. The van der Waals surface area contributed by atoms with Crippen molar-refractivity contribution in [3.63, 3.8) is 0 Å². The molecule has 1 aliphatic heterocycles. The van der Waals surface area contributed by atoms with E-state index in [9.17, 15) is 14.4 Å². The van der Waals surface area contributed by atoms with Crippen LogP contribution in [0.2, 0.25) is 0 Å². The van der Waals surface area contributed by atoms with Crippen molar-refractivity contribution in [2.45, 2.75) is 9.79 Å². The van der Waals surface area contributed by atoms with Gasteiger partial charge in [-0.3, -0.25) is 9.59 Å². The largest absolute Gasteiger partial charge is 0.480 e. The number of rotatable bonds is 7. The van der Waals surface area contributed by atoms with Crippen LogP contribution in [0.4, 0.5) is 11.4 Å². The normalized spacial score (nSPS) is 12.6. The molecule has 9 heteroatoms. The summed E-state index contributed by atoms with van der Waals surface area (Å²) >= 11 is 1.43. The molecule has 2 amide bonds. The number of benzene rings is 2. The highest BCUT2D eigenvalue weighted by atomic mass is 32.2. The lowest BCUT2D eigenvalue weighted by molar-refractivity contribution is -0.142. The number of ether oxygens (including phenoxy) is 1. The lowest BCUT2D eigenvalue weighted by Crippen LogP contribution is -2.34. The first kappa shape index (κ1) is 20.7. The van der Waals surface area contributed by atoms with Gasteiger partial charge in [0.05, 0.1) is 29.7 Å². The highest BCUT2D eigenvalue weighted by molar-refractivity contribution is 7.99. The van der Waals surface area contributed by atoms with Gasteiger partial charge in [0.1, 0.15) is 12.9 Å². The van der Waals surface area contributed by atoms with Gasteiger partial charge in [0.25, 0.3) is 11.8 Å². The number of anilines is 2. The van der Waals surface area contributed by atoms with Gasteiger partial charge in [0.2, 0.25) is 0 Å². The lowest BCUT2D eigenvalue weighted by Gasteiger charge is -2.23. The molecule has 0 aliphatic carbocycles. The van der Waals surface area contributed by atoms with E-state index in [1.54, 1.807) is 41.3 Å². The van der Waals surface area contributed by atoms with Crippen molar-refractivity contribution in [3.8, 4) is 0 Å². The molecule has 0 unspecified atom stereocenters. The van der Waals surface area contributed by atoms with Crippen molar-refractivity contribution in [1.29, 1.82) is 0 Å². The highest BCUT2D eigenvalue weighted by Crippen LogP contribution is 2.42. The van der Waals surface area contributed by atoms with Crippen LogP contribution in [0.3, 0.4) is 0 Å². The van der Waals surface area contributed by atoms with Crippen LogP contribution >= 0.6 is 11.8 Å². The number of nitrogens with zero attached hydrogens (tertiary/aromatic N) is 1. The number of carbonyl (C=O) groups excluding carboxylic acids is 2. The average Bonchev–Trinajstić information content (AvgIpc) is 3.26. The van der Waals surface area contributed by atoms with E-state index in [1.165, 1.54) is 24.3 Å². The first-order valence-corrected chi connectivity index (χ1v) is 10.2. The molecule has 0 spiro atoms. The second-order valence-corrected chi connectivity index (χ2v) is 7.73. The minimum Gasteiger partial charge on any atom is -0.480 e. The standard InChI is InChI=1S/C22H18N2O6S/c25-20(26)13-30-10-8-24-17-6-5-15(23-21(27)14-7-9-29-12-14)11-19(17)31-18-4-2-1-3-16(18)22(24)28/h1-7,9,11-12H,8,10,13H2,(H,23,27)(H,25,26). The molecule has 0 radical (unpaired) electrons. The molecule has 0 atom stereocenters. The predicted molar refractivity (Wildman–Crippen MR) is 114 cm³/mol. The summed E-state index contributed by atoms with van der Waals surface area (Å²) in [6, 6.07) is 14.1. The van der Waals surface area contributed by atoms with Gasteiger partial charge in [-0.2, -0.15) is 0 Å². The molecule has 158 valence electrons. The molecule has 2 heterocycles. The van der Waals surface area contributed by atoms with E-state index in [4.69, 9.17) is 14.3 Å². The summed E-state index contributed by atoms with van der Waals surface area (Å²) in [7, 11) is 0. The Labute approximate surface area is 181 Å². The Morgan fingerprint density at radius 2 is 1.97 bits per heavy atom. The maximum Gasteiger partial charge on any atom is 0.329 e. The number of carboxylic acid groups (broad SMARTS) is 1. The monoisotopic (exact) mass is 438 g/mol. The summed E-state index contributed by atoms with van der Waals surface area (Å²) < 4.78 is 10.1.